The van der Waals surface area contributed by atoms with Gasteiger partial charge in [-0.2, -0.15) is 0 Å². The van der Waals surface area contributed by atoms with Crippen molar-refractivity contribution >= 4 is 0 Å². The quantitative estimate of drug-likeness (QED) is 0.905. The molecule has 0 spiro atoms. The molecule has 0 bridgehead atoms. The Labute approximate surface area is 145 Å². The van der Waals surface area contributed by atoms with Crippen molar-refractivity contribution in [3.8, 4) is 5.75 Å². The number of nitrogens with zero attached hydrogens (tertiary/aromatic N) is 1. The minimum Gasteiger partial charge on any atom is -0.406 e. The molecule has 2 aromatic carbocycles. The molecule has 0 amide bonds. The minimum atomic E-state index is -4.67. The van der Waals surface area contributed by atoms with Gasteiger partial charge in [0.1, 0.15) is 5.75 Å². The van der Waals surface area contributed by atoms with Crippen molar-refractivity contribution in [2.75, 3.05) is 26.2 Å². The van der Waals surface area contributed by atoms with Gasteiger partial charge in [0, 0.05) is 26.2 Å². The lowest BCUT2D eigenvalue weighted by Crippen LogP contribution is -2.45. The Morgan fingerprint density at radius 3 is 1.96 bits per heavy atom. The van der Waals surface area contributed by atoms with Gasteiger partial charge in [0.15, 0.2) is 0 Å². The summed E-state index contributed by atoms with van der Waals surface area (Å²) in [4.78, 5) is 2.35. The Balaban J connectivity index is 1.89. The maximum absolute atomic E-state index is 12.4. The average molecular weight is 350 g/mol. The molecule has 0 radical (unpaired) electrons. The summed E-state index contributed by atoms with van der Waals surface area (Å²) >= 11 is 0. The van der Waals surface area contributed by atoms with Crippen LogP contribution in [0.4, 0.5) is 13.2 Å². The normalized spacial score (nSPS) is 17.3. The fourth-order valence-corrected chi connectivity index (χ4v) is 3.15. The first kappa shape index (κ1) is 17.8. The fourth-order valence-electron chi connectivity index (χ4n) is 3.15. The molecule has 0 aromatic heterocycles. The van der Waals surface area contributed by atoms with Crippen LogP contribution in [-0.4, -0.2) is 37.4 Å². The number of piperazine rings is 1. The molecule has 25 heavy (non-hydrogen) atoms. The van der Waals surface area contributed by atoms with E-state index in [0.29, 0.717) is 0 Å². The van der Waals surface area contributed by atoms with E-state index in [2.05, 4.69) is 39.2 Å². The summed E-state index contributed by atoms with van der Waals surface area (Å²) in [5, 5.41) is 3.33. The van der Waals surface area contributed by atoms with Crippen molar-refractivity contribution in [3.05, 3.63) is 65.2 Å². The smallest absolute Gasteiger partial charge is 0.406 e. The first-order valence-electron chi connectivity index (χ1n) is 8.29. The van der Waals surface area contributed by atoms with Crippen LogP contribution in [0.15, 0.2) is 48.5 Å². The highest BCUT2D eigenvalue weighted by atomic mass is 19.4. The first-order valence-corrected chi connectivity index (χ1v) is 8.29. The van der Waals surface area contributed by atoms with E-state index in [1.54, 1.807) is 12.1 Å². The van der Waals surface area contributed by atoms with Crippen molar-refractivity contribution < 1.29 is 17.9 Å². The number of ether oxygens (including phenoxy) is 1. The van der Waals surface area contributed by atoms with E-state index in [4.69, 9.17) is 0 Å². The van der Waals surface area contributed by atoms with Crippen LogP contribution in [0.1, 0.15) is 22.7 Å². The molecule has 1 N–H and O–H groups in total. The average Bonchev–Trinajstić information content (AvgIpc) is 2.58. The number of hydrogen-bond acceptors (Lipinski definition) is 3. The second kappa shape index (κ2) is 7.45. The van der Waals surface area contributed by atoms with Crippen LogP contribution in [0.5, 0.6) is 5.75 Å². The summed E-state index contributed by atoms with van der Waals surface area (Å²) in [7, 11) is 0. The lowest BCUT2D eigenvalue weighted by atomic mass is 9.95. The lowest BCUT2D eigenvalue weighted by Gasteiger charge is -2.35. The summed E-state index contributed by atoms with van der Waals surface area (Å²) < 4.78 is 41.0. The molecule has 1 fully saturated rings. The van der Waals surface area contributed by atoms with Gasteiger partial charge in [-0.3, -0.25) is 4.90 Å². The van der Waals surface area contributed by atoms with Crippen molar-refractivity contribution in [3.63, 3.8) is 0 Å². The predicted octanol–water partition coefficient (Wildman–Crippen LogP) is 3.89. The molecule has 1 aliphatic heterocycles. The molecule has 2 aromatic rings. The Kier molecular flexibility index (Phi) is 5.30. The number of aryl methyl sites for hydroxylation is 1. The predicted molar refractivity (Wildman–Crippen MR) is 90.6 cm³/mol. The van der Waals surface area contributed by atoms with Crippen LogP contribution in [-0.2, 0) is 0 Å². The molecule has 1 aliphatic rings. The minimum absolute atomic E-state index is 0.0163. The van der Waals surface area contributed by atoms with Crippen LogP contribution < -0.4 is 10.1 Å². The molecule has 134 valence electrons. The van der Waals surface area contributed by atoms with Crippen LogP contribution >= 0.6 is 0 Å². The molecule has 1 heterocycles. The molecule has 3 rings (SSSR count). The maximum atomic E-state index is 12.4. The molecular weight excluding hydrogens is 329 g/mol. The zero-order chi connectivity index (χ0) is 17.9. The van der Waals surface area contributed by atoms with Gasteiger partial charge in [-0.25, -0.2) is 0 Å². The van der Waals surface area contributed by atoms with E-state index >= 15 is 0 Å². The van der Waals surface area contributed by atoms with Crippen LogP contribution in [0, 0.1) is 6.92 Å². The van der Waals surface area contributed by atoms with Gasteiger partial charge >= 0.3 is 6.36 Å². The summed E-state index contributed by atoms with van der Waals surface area (Å²) in [6, 6.07) is 14.5. The van der Waals surface area contributed by atoms with Gasteiger partial charge in [0.25, 0.3) is 0 Å². The summed E-state index contributed by atoms with van der Waals surface area (Å²) in [5.74, 6) is -0.195. The lowest BCUT2D eigenvalue weighted by molar-refractivity contribution is -0.274. The summed E-state index contributed by atoms with van der Waals surface area (Å²) in [6.45, 7) is 5.61. The van der Waals surface area contributed by atoms with E-state index in [1.165, 1.54) is 17.7 Å². The Bertz CT molecular complexity index is 677. The van der Waals surface area contributed by atoms with Gasteiger partial charge in [-0.05, 0) is 30.2 Å². The van der Waals surface area contributed by atoms with Crippen molar-refractivity contribution in [1.82, 2.24) is 10.2 Å². The summed E-state index contributed by atoms with van der Waals surface area (Å²) in [5.41, 5.74) is 3.27. The SMILES string of the molecule is Cc1ccc([C@@H](c2ccc(OC(F)(F)F)cc2)N2CCNCC2)cc1. The van der Waals surface area contributed by atoms with Crippen LogP contribution in [0.2, 0.25) is 0 Å². The summed E-state index contributed by atoms with van der Waals surface area (Å²) in [6.07, 6.45) is -4.67. The Morgan fingerprint density at radius 2 is 1.44 bits per heavy atom. The largest absolute Gasteiger partial charge is 0.573 e. The van der Waals surface area contributed by atoms with E-state index in [1.807, 2.05) is 6.92 Å². The second-order valence-corrected chi connectivity index (χ2v) is 6.22. The third-order valence-electron chi connectivity index (χ3n) is 4.34. The second-order valence-electron chi connectivity index (χ2n) is 6.22. The Hall–Kier alpha value is -2.05. The first-order chi connectivity index (χ1) is 11.9. The molecule has 0 aliphatic carbocycles. The molecule has 1 atom stereocenters. The number of benzene rings is 2. The highest BCUT2D eigenvalue weighted by molar-refractivity contribution is 5.36. The Morgan fingerprint density at radius 1 is 0.920 bits per heavy atom. The van der Waals surface area contributed by atoms with Gasteiger partial charge in [0.05, 0.1) is 6.04 Å². The van der Waals surface area contributed by atoms with E-state index in [-0.39, 0.29) is 11.8 Å². The van der Waals surface area contributed by atoms with Crippen LogP contribution in [0.3, 0.4) is 0 Å². The standard InChI is InChI=1S/C19H21F3N2O/c1-14-2-4-15(5-3-14)18(24-12-10-23-11-13-24)16-6-8-17(9-7-16)25-19(20,21)22/h2-9,18,23H,10-13H2,1H3/t18-/m0/s1. The monoisotopic (exact) mass is 350 g/mol. The van der Waals surface area contributed by atoms with Gasteiger partial charge < -0.3 is 10.1 Å². The number of halogens is 3. The zero-order valence-corrected chi connectivity index (χ0v) is 14.0. The van der Waals surface area contributed by atoms with Crippen molar-refractivity contribution in [2.45, 2.75) is 19.3 Å². The number of nitrogens with one attached hydrogen (secondary N) is 1. The third kappa shape index (κ3) is 4.74. The van der Waals surface area contributed by atoms with Crippen molar-refractivity contribution in [1.29, 1.82) is 0 Å². The van der Waals surface area contributed by atoms with E-state index < -0.39 is 6.36 Å². The number of alkyl halides is 3. The number of hydrogen-bond donors (Lipinski definition) is 1. The van der Waals surface area contributed by atoms with Gasteiger partial charge in [-0.15, -0.1) is 13.2 Å². The molecule has 6 heteroatoms. The maximum Gasteiger partial charge on any atom is 0.573 e. The van der Waals surface area contributed by atoms with Crippen LogP contribution in [0.25, 0.3) is 0 Å². The zero-order valence-electron chi connectivity index (χ0n) is 14.0. The van der Waals surface area contributed by atoms with Gasteiger partial charge in [0.2, 0.25) is 0 Å². The molecule has 0 saturated carbocycles. The highest BCUT2D eigenvalue weighted by Crippen LogP contribution is 2.31. The van der Waals surface area contributed by atoms with Crippen molar-refractivity contribution in [2.24, 2.45) is 0 Å². The topological polar surface area (TPSA) is 24.5 Å². The highest BCUT2D eigenvalue weighted by Gasteiger charge is 2.31. The molecular formula is C19H21F3N2O. The fraction of sp³-hybridized carbons (Fsp3) is 0.368. The molecule has 3 nitrogen and oxygen atoms in total. The molecule has 1 saturated heterocycles. The number of rotatable bonds is 4. The molecule has 0 unspecified atom stereocenters. The third-order valence-corrected chi connectivity index (χ3v) is 4.34. The van der Waals surface area contributed by atoms with E-state index in [9.17, 15) is 13.2 Å². The van der Waals surface area contributed by atoms with Gasteiger partial charge in [-0.1, -0.05) is 42.0 Å². The van der Waals surface area contributed by atoms with E-state index in [0.717, 1.165) is 37.3 Å².